The smallest absolute Gasteiger partial charge is 0.261 e. The lowest BCUT2D eigenvalue weighted by Gasteiger charge is -2.25. The van der Waals surface area contributed by atoms with Crippen molar-refractivity contribution in [3.63, 3.8) is 0 Å². The summed E-state index contributed by atoms with van der Waals surface area (Å²) in [5.74, 6) is -0.0496. The summed E-state index contributed by atoms with van der Waals surface area (Å²) in [7, 11) is 0. The minimum Gasteiger partial charge on any atom is -0.351 e. The van der Waals surface area contributed by atoms with Crippen LogP contribution < -0.4 is 10.6 Å². The van der Waals surface area contributed by atoms with Crippen molar-refractivity contribution in [2.24, 2.45) is 0 Å². The van der Waals surface area contributed by atoms with Crippen molar-refractivity contribution in [1.29, 1.82) is 0 Å². The zero-order valence-corrected chi connectivity index (χ0v) is 11.6. The van der Waals surface area contributed by atoms with E-state index in [2.05, 4.69) is 10.6 Å². The van der Waals surface area contributed by atoms with Crippen LogP contribution in [0.1, 0.15) is 27.6 Å². The predicted octanol–water partition coefficient (Wildman–Crippen LogP) is 2.60. The number of carbonyl (C=O) groups is 2. The van der Waals surface area contributed by atoms with Crippen molar-refractivity contribution in [2.75, 3.05) is 11.9 Å². The summed E-state index contributed by atoms with van der Waals surface area (Å²) in [5, 5.41) is 7.64. The van der Waals surface area contributed by atoms with Gasteiger partial charge in [0.25, 0.3) is 5.91 Å². The molecule has 1 unspecified atom stereocenters. The van der Waals surface area contributed by atoms with Gasteiger partial charge in [0.2, 0.25) is 5.91 Å². The van der Waals surface area contributed by atoms with E-state index in [1.54, 1.807) is 6.07 Å². The molecule has 0 saturated heterocycles. The number of thiophene rings is 1. The molecule has 0 aliphatic carbocycles. The topological polar surface area (TPSA) is 58.2 Å². The first-order valence-corrected chi connectivity index (χ1v) is 7.32. The number of hydrogen-bond donors (Lipinski definition) is 2. The van der Waals surface area contributed by atoms with Crippen molar-refractivity contribution in [3.05, 3.63) is 52.2 Å². The second kappa shape index (κ2) is 5.46. The van der Waals surface area contributed by atoms with Gasteiger partial charge in [-0.1, -0.05) is 24.3 Å². The standard InChI is InChI=1S/C15H14N2O2S/c18-14-8-10(11-4-1-2-5-12(11)17-14)9-16-15(19)13-6-3-7-20-13/h1-7,10H,8-9H2,(H,16,19)(H,17,18). The Balaban J connectivity index is 1.72. The average molecular weight is 286 g/mol. The summed E-state index contributed by atoms with van der Waals surface area (Å²) in [6.07, 6.45) is 0.404. The fourth-order valence-corrected chi connectivity index (χ4v) is 3.03. The Kier molecular flexibility index (Phi) is 3.52. The van der Waals surface area contributed by atoms with Crippen LogP contribution in [0.25, 0.3) is 0 Å². The van der Waals surface area contributed by atoms with E-state index < -0.39 is 0 Å². The van der Waals surface area contributed by atoms with E-state index in [1.807, 2.05) is 35.7 Å². The molecule has 0 saturated carbocycles. The van der Waals surface area contributed by atoms with Gasteiger partial charge in [0, 0.05) is 24.6 Å². The van der Waals surface area contributed by atoms with Gasteiger partial charge in [0.05, 0.1) is 4.88 Å². The summed E-state index contributed by atoms with van der Waals surface area (Å²) in [6.45, 7) is 0.473. The van der Waals surface area contributed by atoms with Gasteiger partial charge in [-0.3, -0.25) is 9.59 Å². The first-order valence-electron chi connectivity index (χ1n) is 6.44. The number of carbonyl (C=O) groups excluding carboxylic acids is 2. The Morgan fingerprint density at radius 1 is 1.30 bits per heavy atom. The van der Waals surface area contributed by atoms with Gasteiger partial charge < -0.3 is 10.6 Å². The van der Waals surface area contributed by atoms with Crippen LogP contribution in [0.15, 0.2) is 41.8 Å². The average Bonchev–Trinajstić information content (AvgIpc) is 2.98. The molecule has 2 amide bonds. The van der Waals surface area contributed by atoms with Crippen LogP contribution in [0.4, 0.5) is 5.69 Å². The zero-order chi connectivity index (χ0) is 13.9. The Bertz CT molecular complexity index is 637. The van der Waals surface area contributed by atoms with Crippen LogP contribution in [0.2, 0.25) is 0 Å². The number of para-hydroxylation sites is 1. The first-order chi connectivity index (χ1) is 9.74. The third kappa shape index (κ3) is 2.58. The molecule has 0 spiro atoms. The third-order valence-electron chi connectivity index (χ3n) is 3.36. The highest BCUT2D eigenvalue weighted by atomic mass is 32.1. The van der Waals surface area contributed by atoms with Crippen LogP contribution >= 0.6 is 11.3 Å². The van der Waals surface area contributed by atoms with Crippen LogP contribution in [-0.2, 0) is 4.79 Å². The molecule has 2 aromatic rings. The van der Waals surface area contributed by atoms with E-state index in [0.717, 1.165) is 11.3 Å². The van der Waals surface area contributed by atoms with Crippen LogP contribution in [0, 0.1) is 0 Å². The maximum atomic E-state index is 11.9. The molecule has 102 valence electrons. The highest BCUT2D eigenvalue weighted by molar-refractivity contribution is 7.12. The molecule has 1 aromatic carbocycles. The summed E-state index contributed by atoms with van der Waals surface area (Å²) >= 11 is 1.41. The summed E-state index contributed by atoms with van der Waals surface area (Å²) in [6, 6.07) is 11.4. The first kappa shape index (κ1) is 12.9. The largest absolute Gasteiger partial charge is 0.351 e. The lowest BCUT2D eigenvalue weighted by Crippen LogP contribution is -2.32. The van der Waals surface area contributed by atoms with Crippen LogP contribution in [0.5, 0.6) is 0 Å². The van der Waals surface area contributed by atoms with Gasteiger partial charge >= 0.3 is 0 Å². The van der Waals surface area contributed by atoms with Gasteiger partial charge in [0.1, 0.15) is 0 Å². The van der Waals surface area contributed by atoms with Gasteiger partial charge in [0.15, 0.2) is 0 Å². The van der Waals surface area contributed by atoms with E-state index in [4.69, 9.17) is 0 Å². The molecule has 1 aliphatic rings. The Morgan fingerprint density at radius 2 is 2.15 bits per heavy atom. The molecule has 5 heteroatoms. The minimum atomic E-state index is -0.0801. The Labute approximate surface area is 120 Å². The molecular weight excluding hydrogens is 272 g/mol. The van der Waals surface area contributed by atoms with Crippen molar-refractivity contribution in [1.82, 2.24) is 5.32 Å². The molecule has 1 aromatic heterocycles. The number of anilines is 1. The van der Waals surface area contributed by atoms with Gasteiger partial charge in [-0.15, -0.1) is 11.3 Å². The van der Waals surface area contributed by atoms with Crippen molar-refractivity contribution in [2.45, 2.75) is 12.3 Å². The predicted molar refractivity (Wildman–Crippen MR) is 79.1 cm³/mol. The van der Waals surface area contributed by atoms with Crippen molar-refractivity contribution >= 4 is 28.8 Å². The molecule has 0 fully saturated rings. The lowest BCUT2D eigenvalue weighted by atomic mass is 9.90. The molecule has 0 bridgehead atoms. The number of fused-ring (bicyclic) bond motifs is 1. The number of amides is 2. The van der Waals surface area contributed by atoms with Crippen LogP contribution in [-0.4, -0.2) is 18.4 Å². The second-order valence-electron chi connectivity index (χ2n) is 4.72. The third-order valence-corrected chi connectivity index (χ3v) is 4.23. The fraction of sp³-hybridized carbons (Fsp3) is 0.200. The maximum absolute atomic E-state index is 11.9. The zero-order valence-electron chi connectivity index (χ0n) is 10.8. The SMILES string of the molecule is O=C1CC(CNC(=O)c2cccs2)c2ccccc2N1. The minimum absolute atomic E-state index is 0.000859. The van der Waals surface area contributed by atoms with Crippen molar-refractivity contribution in [3.8, 4) is 0 Å². The van der Waals surface area contributed by atoms with Gasteiger partial charge in [-0.05, 0) is 23.1 Å². The second-order valence-corrected chi connectivity index (χ2v) is 5.67. The number of benzene rings is 1. The maximum Gasteiger partial charge on any atom is 0.261 e. The van der Waals surface area contributed by atoms with Crippen molar-refractivity contribution < 1.29 is 9.59 Å². The quantitative estimate of drug-likeness (QED) is 0.911. The normalized spacial score (nSPS) is 17.2. The molecule has 3 rings (SSSR count). The Hall–Kier alpha value is -2.14. The number of hydrogen-bond acceptors (Lipinski definition) is 3. The number of rotatable bonds is 3. The molecule has 2 N–H and O–H groups in total. The van der Waals surface area contributed by atoms with Gasteiger partial charge in [-0.2, -0.15) is 0 Å². The summed E-state index contributed by atoms with van der Waals surface area (Å²) < 4.78 is 0. The highest BCUT2D eigenvalue weighted by Crippen LogP contribution is 2.31. The van der Waals surface area contributed by atoms with E-state index >= 15 is 0 Å². The molecular formula is C15H14N2O2S. The summed E-state index contributed by atoms with van der Waals surface area (Å²) in [4.78, 5) is 24.3. The van der Waals surface area contributed by atoms with Gasteiger partial charge in [-0.25, -0.2) is 0 Å². The molecule has 0 radical (unpaired) electrons. The molecule has 2 heterocycles. The Morgan fingerprint density at radius 3 is 2.95 bits per heavy atom. The molecule has 1 atom stereocenters. The lowest BCUT2D eigenvalue weighted by molar-refractivity contribution is -0.116. The highest BCUT2D eigenvalue weighted by Gasteiger charge is 2.25. The molecule has 4 nitrogen and oxygen atoms in total. The van der Waals surface area contributed by atoms with E-state index in [0.29, 0.717) is 17.8 Å². The number of nitrogens with one attached hydrogen (secondary N) is 2. The van der Waals surface area contributed by atoms with E-state index in [-0.39, 0.29) is 17.7 Å². The van der Waals surface area contributed by atoms with E-state index in [9.17, 15) is 9.59 Å². The fourth-order valence-electron chi connectivity index (χ4n) is 2.39. The molecule has 20 heavy (non-hydrogen) atoms. The monoisotopic (exact) mass is 286 g/mol. The molecule has 1 aliphatic heterocycles. The van der Waals surface area contributed by atoms with Crippen LogP contribution in [0.3, 0.4) is 0 Å². The summed E-state index contributed by atoms with van der Waals surface area (Å²) in [5.41, 5.74) is 1.93. The van der Waals surface area contributed by atoms with E-state index in [1.165, 1.54) is 11.3 Å².